The molecule has 0 spiro atoms. The smallest absolute Gasteiger partial charge is 0.227 e. The van der Waals surface area contributed by atoms with E-state index in [4.69, 9.17) is 0 Å². The first-order chi connectivity index (χ1) is 13.7. The molecule has 28 heavy (non-hydrogen) atoms. The Morgan fingerprint density at radius 1 is 1.07 bits per heavy atom. The monoisotopic (exact) mass is 376 g/mol. The van der Waals surface area contributed by atoms with E-state index >= 15 is 0 Å². The number of fused-ring (bicyclic) bond motifs is 1. The van der Waals surface area contributed by atoms with Crippen LogP contribution in [0.5, 0.6) is 0 Å². The number of aliphatic imine (C=N–C) groups is 1. The third-order valence-electron chi connectivity index (χ3n) is 5.19. The van der Waals surface area contributed by atoms with E-state index in [1.165, 1.54) is 5.56 Å². The van der Waals surface area contributed by atoms with Crippen molar-refractivity contribution in [3.8, 4) is 0 Å². The number of carbonyl (C=O) groups excluding carboxylic acids is 2. The van der Waals surface area contributed by atoms with Crippen molar-refractivity contribution in [3.05, 3.63) is 65.7 Å². The standard InChI is InChI=1S/C22H24N4O2/c27-20-13-17(15-26(20)18-8-2-1-3-9-18)22(28)24-12-6-11-23-21-19-10-5-4-7-16(19)14-25-21/h1-5,7-10,17H,6,11-15H2,(H,23,25)(H,24,28). The van der Waals surface area contributed by atoms with E-state index in [9.17, 15) is 9.59 Å². The molecule has 2 aliphatic heterocycles. The molecule has 0 aliphatic carbocycles. The minimum absolute atomic E-state index is 0.00549. The molecule has 2 N–H and O–H groups in total. The van der Waals surface area contributed by atoms with Gasteiger partial charge >= 0.3 is 0 Å². The number of para-hydroxylation sites is 1. The van der Waals surface area contributed by atoms with E-state index < -0.39 is 0 Å². The Morgan fingerprint density at radius 2 is 1.86 bits per heavy atom. The summed E-state index contributed by atoms with van der Waals surface area (Å²) >= 11 is 0. The van der Waals surface area contributed by atoms with Gasteiger partial charge in [0.15, 0.2) is 0 Å². The van der Waals surface area contributed by atoms with Gasteiger partial charge in [0.2, 0.25) is 11.8 Å². The second-order valence-electron chi connectivity index (χ2n) is 7.13. The van der Waals surface area contributed by atoms with Crippen molar-refractivity contribution in [2.75, 3.05) is 24.5 Å². The van der Waals surface area contributed by atoms with Crippen molar-refractivity contribution in [1.29, 1.82) is 0 Å². The van der Waals surface area contributed by atoms with Gasteiger partial charge in [0.05, 0.1) is 12.5 Å². The second kappa shape index (κ2) is 8.25. The van der Waals surface area contributed by atoms with Crippen molar-refractivity contribution in [1.82, 2.24) is 10.6 Å². The second-order valence-corrected chi connectivity index (χ2v) is 7.13. The summed E-state index contributed by atoms with van der Waals surface area (Å²) in [6.45, 7) is 2.49. The lowest BCUT2D eigenvalue weighted by atomic mass is 10.1. The minimum atomic E-state index is -0.285. The molecule has 144 valence electrons. The summed E-state index contributed by atoms with van der Waals surface area (Å²) in [5.41, 5.74) is 3.26. The molecule has 2 amide bonds. The Labute approximate surface area is 164 Å². The lowest BCUT2D eigenvalue weighted by molar-refractivity contribution is -0.126. The molecular weight excluding hydrogens is 352 g/mol. The number of amides is 2. The van der Waals surface area contributed by atoms with Crippen LogP contribution >= 0.6 is 0 Å². The third kappa shape index (κ3) is 3.91. The molecule has 0 aromatic heterocycles. The summed E-state index contributed by atoms with van der Waals surface area (Å²) in [6, 6.07) is 17.7. The molecule has 2 aromatic rings. The van der Waals surface area contributed by atoms with Crippen LogP contribution in [0.3, 0.4) is 0 Å². The highest BCUT2D eigenvalue weighted by Gasteiger charge is 2.34. The maximum absolute atomic E-state index is 12.4. The molecule has 6 nitrogen and oxygen atoms in total. The van der Waals surface area contributed by atoms with Gasteiger partial charge < -0.3 is 15.5 Å². The van der Waals surface area contributed by atoms with Crippen molar-refractivity contribution in [2.45, 2.75) is 19.4 Å². The minimum Gasteiger partial charge on any atom is -0.370 e. The molecule has 4 rings (SSSR count). The van der Waals surface area contributed by atoms with Crippen LogP contribution in [0.25, 0.3) is 0 Å². The van der Waals surface area contributed by atoms with Gasteiger partial charge in [0.1, 0.15) is 5.84 Å². The molecule has 2 aliphatic rings. The zero-order valence-electron chi connectivity index (χ0n) is 15.7. The molecule has 6 heteroatoms. The normalized spacial score (nSPS) is 18.0. The Balaban J connectivity index is 1.19. The van der Waals surface area contributed by atoms with Gasteiger partial charge in [-0.05, 0) is 24.1 Å². The number of amidine groups is 1. The highest BCUT2D eigenvalue weighted by atomic mass is 16.2. The number of benzene rings is 2. The van der Waals surface area contributed by atoms with Gasteiger partial charge in [0, 0.05) is 37.3 Å². The maximum atomic E-state index is 12.4. The SMILES string of the molecule is O=C(NCCCNC1=NCc2ccccc21)C1CC(=O)N(c2ccccc2)C1. The van der Waals surface area contributed by atoms with Crippen molar-refractivity contribution in [2.24, 2.45) is 10.9 Å². The van der Waals surface area contributed by atoms with E-state index in [2.05, 4.69) is 27.8 Å². The molecule has 0 radical (unpaired) electrons. The molecular formula is C22H24N4O2. The van der Waals surface area contributed by atoms with Crippen molar-refractivity contribution < 1.29 is 9.59 Å². The van der Waals surface area contributed by atoms with Gasteiger partial charge in [-0.1, -0.05) is 42.5 Å². The number of nitrogens with one attached hydrogen (secondary N) is 2. The van der Waals surface area contributed by atoms with Gasteiger partial charge in [-0.2, -0.15) is 0 Å². The molecule has 0 bridgehead atoms. The highest BCUT2D eigenvalue weighted by molar-refractivity contribution is 6.02. The fraction of sp³-hybridized carbons (Fsp3) is 0.318. The van der Waals surface area contributed by atoms with Crippen LogP contribution in [0.1, 0.15) is 24.0 Å². The molecule has 2 heterocycles. The molecule has 1 unspecified atom stereocenters. The number of hydrogen-bond acceptors (Lipinski definition) is 4. The van der Waals surface area contributed by atoms with Crippen LogP contribution in [0, 0.1) is 5.92 Å². The van der Waals surface area contributed by atoms with Crippen LogP contribution in [0.15, 0.2) is 59.6 Å². The average molecular weight is 376 g/mol. The van der Waals surface area contributed by atoms with Crippen LogP contribution in [-0.4, -0.2) is 37.3 Å². The number of hydrogen-bond donors (Lipinski definition) is 2. The fourth-order valence-electron chi connectivity index (χ4n) is 3.68. The first kappa shape index (κ1) is 18.2. The van der Waals surface area contributed by atoms with E-state index in [0.29, 0.717) is 13.1 Å². The average Bonchev–Trinajstić information content (AvgIpc) is 3.32. The largest absolute Gasteiger partial charge is 0.370 e. The zero-order chi connectivity index (χ0) is 19.3. The maximum Gasteiger partial charge on any atom is 0.227 e. The Morgan fingerprint density at radius 3 is 2.71 bits per heavy atom. The molecule has 1 saturated heterocycles. The quantitative estimate of drug-likeness (QED) is 0.759. The zero-order valence-corrected chi connectivity index (χ0v) is 15.7. The van der Waals surface area contributed by atoms with Gasteiger partial charge in [0.25, 0.3) is 0 Å². The van der Waals surface area contributed by atoms with Crippen LogP contribution < -0.4 is 15.5 Å². The lowest BCUT2D eigenvalue weighted by Crippen LogP contribution is -2.35. The summed E-state index contributed by atoms with van der Waals surface area (Å²) in [5.74, 6) is 0.606. The summed E-state index contributed by atoms with van der Waals surface area (Å²) < 4.78 is 0. The van der Waals surface area contributed by atoms with Crippen molar-refractivity contribution in [3.63, 3.8) is 0 Å². The lowest BCUT2D eigenvalue weighted by Gasteiger charge is -2.16. The predicted molar refractivity (Wildman–Crippen MR) is 109 cm³/mol. The van der Waals surface area contributed by atoms with Gasteiger partial charge in [-0.3, -0.25) is 14.6 Å². The van der Waals surface area contributed by atoms with E-state index in [0.717, 1.165) is 36.6 Å². The molecule has 1 atom stereocenters. The molecule has 2 aromatic carbocycles. The topological polar surface area (TPSA) is 73.8 Å². The fourth-order valence-corrected chi connectivity index (χ4v) is 3.68. The Hall–Kier alpha value is -3.15. The molecule has 0 saturated carbocycles. The van der Waals surface area contributed by atoms with E-state index in [1.54, 1.807) is 4.90 Å². The first-order valence-electron chi connectivity index (χ1n) is 9.72. The van der Waals surface area contributed by atoms with E-state index in [1.807, 2.05) is 42.5 Å². The summed E-state index contributed by atoms with van der Waals surface area (Å²) in [5, 5.41) is 6.32. The van der Waals surface area contributed by atoms with Gasteiger partial charge in [-0.15, -0.1) is 0 Å². The summed E-state index contributed by atoms with van der Waals surface area (Å²) in [4.78, 5) is 30.9. The van der Waals surface area contributed by atoms with Gasteiger partial charge in [-0.25, -0.2) is 0 Å². The number of rotatable bonds is 6. The van der Waals surface area contributed by atoms with Crippen LogP contribution in [0.4, 0.5) is 5.69 Å². The summed E-state index contributed by atoms with van der Waals surface area (Å²) in [6.07, 6.45) is 1.07. The predicted octanol–water partition coefficient (Wildman–Crippen LogP) is 2.10. The number of carbonyl (C=O) groups is 2. The van der Waals surface area contributed by atoms with Crippen LogP contribution in [-0.2, 0) is 16.1 Å². The third-order valence-corrected chi connectivity index (χ3v) is 5.19. The van der Waals surface area contributed by atoms with E-state index in [-0.39, 0.29) is 24.2 Å². The number of anilines is 1. The Bertz CT molecular complexity index is 894. The summed E-state index contributed by atoms with van der Waals surface area (Å²) in [7, 11) is 0. The number of nitrogens with zero attached hydrogens (tertiary/aromatic N) is 2. The molecule has 1 fully saturated rings. The highest BCUT2D eigenvalue weighted by Crippen LogP contribution is 2.24. The Kier molecular flexibility index (Phi) is 5.37. The first-order valence-corrected chi connectivity index (χ1v) is 9.72. The van der Waals surface area contributed by atoms with Crippen LogP contribution in [0.2, 0.25) is 0 Å². The van der Waals surface area contributed by atoms with Crippen molar-refractivity contribution >= 4 is 23.3 Å².